The van der Waals surface area contributed by atoms with Gasteiger partial charge in [-0.3, -0.25) is 14.9 Å². The smallest absolute Gasteiger partial charge is 0.271 e. The van der Waals surface area contributed by atoms with E-state index in [1.807, 2.05) is 19.9 Å². The van der Waals surface area contributed by atoms with Crippen LogP contribution in [0.1, 0.15) is 41.0 Å². The lowest BCUT2D eigenvalue weighted by molar-refractivity contribution is -0.384. The minimum atomic E-state index is -0.623. The van der Waals surface area contributed by atoms with Gasteiger partial charge in [0.25, 0.3) is 11.6 Å². The fourth-order valence-electron chi connectivity index (χ4n) is 2.69. The van der Waals surface area contributed by atoms with Gasteiger partial charge in [-0.2, -0.15) is 5.26 Å². The van der Waals surface area contributed by atoms with E-state index in [-0.39, 0.29) is 27.9 Å². The summed E-state index contributed by atoms with van der Waals surface area (Å²) in [6, 6.07) is 7.41. The number of carbonyl (C=O) groups excluding carboxylic acids is 1. The lowest BCUT2D eigenvalue weighted by atomic mass is 9.82. The summed E-state index contributed by atoms with van der Waals surface area (Å²) in [5, 5.41) is 25.6. The van der Waals surface area contributed by atoms with Gasteiger partial charge >= 0.3 is 0 Å². The largest absolute Gasteiger partial charge is 0.385 e. The highest BCUT2D eigenvalue weighted by Gasteiger charge is 2.24. The molecule has 1 rings (SSSR count). The lowest BCUT2D eigenvalue weighted by Gasteiger charge is -2.33. The molecule has 1 amide bonds. The molecular formula is C18H24N4O3. The molecule has 0 saturated heterocycles. The highest BCUT2D eigenvalue weighted by atomic mass is 16.6. The van der Waals surface area contributed by atoms with E-state index in [1.54, 1.807) is 0 Å². The second-order valence-electron chi connectivity index (χ2n) is 7.70. The van der Waals surface area contributed by atoms with Gasteiger partial charge in [0.05, 0.1) is 4.92 Å². The maximum Gasteiger partial charge on any atom is 0.271 e. The number of benzene rings is 1. The monoisotopic (exact) mass is 344 g/mol. The summed E-state index contributed by atoms with van der Waals surface area (Å²) in [6.45, 7) is 10.3. The van der Waals surface area contributed by atoms with E-state index in [4.69, 9.17) is 0 Å². The van der Waals surface area contributed by atoms with Crippen molar-refractivity contribution in [3.8, 4) is 6.07 Å². The summed E-state index contributed by atoms with van der Waals surface area (Å²) >= 11 is 0. The van der Waals surface area contributed by atoms with Crippen LogP contribution in [0.3, 0.4) is 0 Å². The first-order chi connectivity index (χ1) is 11.4. The highest BCUT2D eigenvalue weighted by Crippen LogP contribution is 2.26. The highest BCUT2D eigenvalue weighted by molar-refractivity contribution is 6.06. The van der Waals surface area contributed by atoms with E-state index in [2.05, 4.69) is 31.4 Å². The fourth-order valence-corrected chi connectivity index (χ4v) is 2.69. The minimum Gasteiger partial charge on any atom is -0.385 e. The zero-order valence-corrected chi connectivity index (χ0v) is 15.2. The molecule has 0 saturated carbocycles. The predicted molar refractivity (Wildman–Crippen MR) is 96.7 cm³/mol. The van der Waals surface area contributed by atoms with Gasteiger partial charge in [0.2, 0.25) is 0 Å². The molecule has 0 heterocycles. The molecule has 7 nitrogen and oxygen atoms in total. The Labute approximate surface area is 147 Å². The molecule has 1 aromatic carbocycles. The Bertz CT molecular complexity index is 725. The number of nitrogens with one attached hydrogen (secondary N) is 2. The number of hydrogen-bond donors (Lipinski definition) is 2. The first-order valence-electron chi connectivity index (χ1n) is 7.87. The van der Waals surface area contributed by atoms with Crippen LogP contribution in [0.5, 0.6) is 0 Å². The molecule has 2 N–H and O–H groups in total. The van der Waals surface area contributed by atoms with Gasteiger partial charge in [0.1, 0.15) is 11.6 Å². The van der Waals surface area contributed by atoms with Crippen molar-refractivity contribution >= 4 is 17.3 Å². The first-order valence-corrected chi connectivity index (χ1v) is 7.87. The molecule has 0 radical (unpaired) electrons. The molecule has 0 bridgehead atoms. The molecule has 0 fully saturated rings. The zero-order chi connectivity index (χ0) is 19.3. The van der Waals surface area contributed by atoms with Crippen LogP contribution >= 0.6 is 0 Å². The first kappa shape index (κ1) is 20.2. The normalized spacial score (nSPS) is 12.2. The molecule has 0 aliphatic carbocycles. The number of amides is 1. The minimum absolute atomic E-state index is 0.0857. The van der Waals surface area contributed by atoms with Gasteiger partial charge in [0.15, 0.2) is 0 Å². The third-order valence-corrected chi connectivity index (χ3v) is 3.26. The number of nitro benzene ring substituents is 1. The molecule has 0 spiro atoms. The van der Waals surface area contributed by atoms with Crippen molar-refractivity contribution < 1.29 is 9.72 Å². The van der Waals surface area contributed by atoms with Crippen LogP contribution in [0.4, 0.5) is 11.4 Å². The fraction of sp³-hybridized carbons (Fsp3) is 0.444. The number of nitriles is 1. The number of non-ortho nitro benzene ring substituents is 1. The second-order valence-corrected chi connectivity index (χ2v) is 7.70. The van der Waals surface area contributed by atoms with Gasteiger partial charge in [-0.25, -0.2) is 0 Å². The van der Waals surface area contributed by atoms with Gasteiger partial charge in [-0.1, -0.05) is 26.8 Å². The van der Waals surface area contributed by atoms with E-state index >= 15 is 0 Å². The molecule has 25 heavy (non-hydrogen) atoms. The lowest BCUT2D eigenvalue weighted by Crippen LogP contribution is -2.39. The maximum absolute atomic E-state index is 12.2. The third-order valence-electron chi connectivity index (χ3n) is 3.26. The van der Waals surface area contributed by atoms with Crippen molar-refractivity contribution in [2.75, 3.05) is 5.32 Å². The van der Waals surface area contributed by atoms with Crippen LogP contribution in [0.25, 0.3) is 0 Å². The van der Waals surface area contributed by atoms with Crippen LogP contribution in [0.15, 0.2) is 36.0 Å². The number of nitrogens with zero attached hydrogens (tertiary/aromatic N) is 2. The average molecular weight is 344 g/mol. The van der Waals surface area contributed by atoms with E-state index in [9.17, 15) is 20.2 Å². The molecule has 1 aromatic rings. The summed E-state index contributed by atoms with van der Waals surface area (Å²) in [5.74, 6) is -0.623. The molecule has 0 atom stereocenters. The van der Waals surface area contributed by atoms with E-state index in [0.717, 1.165) is 6.42 Å². The summed E-state index contributed by atoms with van der Waals surface area (Å²) in [6.07, 6.45) is 2.22. The Balaban J connectivity index is 2.86. The van der Waals surface area contributed by atoms with E-state index in [0.29, 0.717) is 0 Å². The number of nitro groups is 1. The summed E-state index contributed by atoms with van der Waals surface area (Å²) < 4.78 is 0. The molecule has 7 heteroatoms. The Morgan fingerprint density at radius 3 is 2.48 bits per heavy atom. The number of carbonyl (C=O) groups is 1. The van der Waals surface area contributed by atoms with Gasteiger partial charge < -0.3 is 10.6 Å². The van der Waals surface area contributed by atoms with Crippen molar-refractivity contribution in [2.45, 2.75) is 46.6 Å². The second kappa shape index (κ2) is 7.79. The molecule has 0 unspecified atom stereocenters. The molecule has 134 valence electrons. The van der Waals surface area contributed by atoms with Crippen LogP contribution < -0.4 is 10.6 Å². The van der Waals surface area contributed by atoms with Gasteiger partial charge in [0, 0.05) is 29.6 Å². The summed E-state index contributed by atoms with van der Waals surface area (Å²) in [7, 11) is 0. The van der Waals surface area contributed by atoms with Crippen molar-refractivity contribution in [1.82, 2.24) is 5.32 Å². The van der Waals surface area contributed by atoms with Crippen LogP contribution in [-0.4, -0.2) is 16.4 Å². The quantitative estimate of drug-likeness (QED) is 0.354. The Morgan fingerprint density at radius 1 is 1.32 bits per heavy atom. The Morgan fingerprint density at radius 2 is 1.96 bits per heavy atom. The number of rotatable bonds is 6. The zero-order valence-electron chi connectivity index (χ0n) is 15.2. The molecule has 0 aromatic heterocycles. The number of hydrogen-bond acceptors (Lipinski definition) is 5. The van der Waals surface area contributed by atoms with Crippen molar-refractivity contribution in [3.05, 3.63) is 46.2 Å². The van der Waals surface area contributed by atoms with E-state index in [1.165, 1.54) is 30.5 Å². The van der Waals surface area contributed by atoms with Crippen molar-refractivity contribution in [2.24, 2.45) is 5.41 Å². The maximum atomic E-state index is 12.2. The van der Waals surface area contributed by atoms with Gasteiger partial charge in [-0.15, -0.1) is 0 Å². The molecule has 0 aliphatic heterocycles. The van der Waals surface area contributed by atoms with Crippen LogP contribution in [0.2, 0.25) is 0 Å². The standard InChI is InChI=1S/C18H24N4O3/c1-17(2,3)12-18(4,5)20-11-13(10-19)16(23)21-14-7-6-8-15(9-14)22(24)25/h6-9,11,20H,12H2,1-5H3,(H,21,23)/b13-11-. The molecule has 0 aliphatic rings. The van der Waals surface area contributed by atoms with Crippen molar-refractivity contribution in [1.29, 1.82) is 5.26 Å². The SMILES string of the molecule is CC(C)(C)CC(C)(C)N/C=C(/C#N)C(=O)Nc1cccc([N+](=O)[O-])c1. The van der Waals surface area contributed by atoms with E-state index < -0.39 is 10.8 Å². The Hall–Kier alpha value is -2.88. The summed E-state index contributed by atoms with van der Waals surface area (Å²) in [4.78, 5) is 22.4. The van der Waals surface area contributed by atoms with Crippen molar-refractivity contribution in [3.63, 3.8) is 0 Å². The predicted octanol–water partition coefficient (Wildman–Crippen LogP) is 3.75. The number of anilines is 1. The average Bonchev–Trinajstić information content (AvgIpc) is 2.45. The third kappa shape index (κ3) is 7.04. The molecular weight excluding hydrogens is 320 g/mol. The summed E-state index contributed by atoms with van der Waals surface area (Å²) in [5.41, 5.74) is -0.193. The van der Waals surface area contributed by atoms with Crippen LogP contribution in [-0.2, 0) is 4.79 Å². The van der Waals surface area contributed by atoms with Gasteiger partial charge in [-0.05, 0) is 31.7 Å². The van der Waals surface area contributed by atoms with Crippen LogP contribution in [0, 0.1) is 26.9 Å². The topological polar surface area (TPSA) is 108 Å². The Kier molecular flexibility index (Phi) is 6.29.